The Hall–Kier alpha value is -2.46. The topological polar surface area (TPSA) is 55.8 Å². The van der Waals surface area contributed by atoms with Crippen molar-refractivity contribution in [3.63, 3.8) is 0 Å². The average Bonchev–Trinajstić information content (AvgIpc) is 2.51. The first-order valence-electron chi connectivity index (χ1n) is 6.11. The Morgan fingerprint density at radius 1 is 1.14 bits per heavy atom. The number of benzene rings is 2. The van der Waals surface area contributed by atoms with Gasteiger partial charge in [-0.1, -0.05) is 29.8 Å². The number of methoxy groups -OCH3 is 1. The highest BCUT2D eigenvalue weighted by atomic mass is 35.5. The largest absolute Gasteiger partial charge is 0.515 e. The second kappa shape index (κ2) is 6.81. The number of carbonyl (C=O) groups excluding carboxylic acids is 1. The first-order chi connectivity index (χ1) is 10.2. The lowest BCUT2D eigenvalue weighted by Crippen LogP contribution is -2.05. The zero-order valence-corrected chi connectivity index (χ0v) is 12.0. The first-order valence-corrected chi connectivity index (χ1v) is 6.49. The van der Waals surface area contributed by atoms with Gasteiger partial charge in [-0.2, -0.15) is 0 Å². The fourth-order valence-corrected chi connectivity index (χ4v) is 1.88. The summed E-state index contributed by atoms with van der Waals surface area (Å²) >= 11 is 5.82. The highest BCUT2D eigenvalue weighted by Gasteiger charge is 2.17. The van der Waals surface area contributed by atoms with Crippen LogP contribution in [0.2, 0.25) is 5.02 Å². The van der Waals surface area contributed by atoms with Gasteiger partial charge in [-0.15, -0.1) is 0 Å². The molecule has 0 bridgehead atoms. The Kier molecular flexibility index (Phi) is 4.85. The van der Waals surface area contributed by atoms with Crippen molar-refractivity contribution < 1.29 is 19.4 Å². The van der Waals surface area contributed by atoms with Crippen molar-refractivity contribution in [2.75, 3.05) is 7.11 Å². The van der Waals surface area contributed by atoms with Gasteiger partial charge in [0.2, 0.25) is 0 Å². The molecular formula is C16H13ClO4. The Labute approximate surface area is 127 Å². The number of hydrogen-bond donors (Lipinski definition) is 1. The monoisotopic (exact) mass is 304 g/mol. The van der Waals surface area contributed by atoms with Crippen LogP contribution in [-0.2, 0) is 9.53 Å². The third-order valence-electron chi connectivity index (χ3n) is 2.75. The first kappa shape index (κ1) is 14.9. The number of halogens is 1. The molecule has 108 valence electrons. The predicted molar refractivity (Wildman–Crippen MR) is 80.6 cm³/mol. The molecule has 0 saturated carbocycles. The molecule has 0 aromatic heterocycles. The van der Waals surface area contributed by atoms with E-state index in [1.807, 2.05) is 0 Å². The molecule has 2 rings (SSSR count). The van der Waals surface area contributed by atoms with Crippen molar-refractivity contribution in [1.29, 1.82) is 0 Å². The molecule has 2 aromatic rings. The molecule has 0 saturated heterocycles. The summed E-state index contributed by atoms with van der Waals surface area (Å²) in [6.45, 7) is 0. The molecule has 4 nitrogen and oxygen atoms in total. The van der Waals surface area contributed by atoms with Gasteiger partial charge < -0.3 is 14.6 Å². The van der Waals surface area contributed by atoms with Crippen molar-refractivity contribution in [2.24, 2.45) is 0 Å². The lowest BCUT2D eigenvalue weighted by Gasteiger charge is -2.12. The molecule has 21 heavy (non-hydrogen) atoms. The number of para-hydroxylation sites is 1. The average molecular weight is 305 g/mol. The zero-order chi connectivity index (χ0) is 15.2. The SMILES string of the molecule is COC(=O)/C(=C\O)c1ccccc1Oc1ccc(Cl)cc1. The van der Waals surface area contributed by atoms with Crippen LogP contribution in [0.15, 0.2) is 54.8 Å². The number of aliphatic hydroxyl groups is 1. The highest BCUT2D eigenvalue weighted by Crippen LogP contribution is 2.31. The van der Waals surface area contributed by atoms with Gasteiger partial charge >= 0.3 is 5.97 Å². The summed E-state index contributed by atoms with van der Waals surface area (Å²) in [5.74, 6) is 0.337. The number of carbonyl (C=O) groups is 1. The van der Waals surface area contributed by atoms with Crippen LogP contribution in [0.1, 0.15) is 5.56 Å². The molecule has 0 unspecified atom stereocenters. The van der Waals surface area contributed by atoms with Gasteiger partial charge in [0.25, 0.3) is 0 Å². The molecule has 0 aliphatic rings. The summed E-state index contributed by atoms with van der Waals surface area (Å²) in [5.41, 5.74) is 0.448. The van der Waals surface area contributed by atoms with E-state index in [0.717, 1.165) is 0 Å². The van der Waals surface area contributed by atoms with Crippen molar-refractivity contribution in [1.82, 2.24) is 0 Å². The van der Waals surface area contributed by atoms with Crippen LogP contribution in [0, 0.1) is 0 Å². The lowest BCUT2D eigenvalue weighted by molar-refractivity contribution is -0.133. The van der Waals surface area contributed by atoms with E-state index in [0.29, 0.717) is 28.3 Å². The van der Waals surface area contributed by atoms with Crippen molar-refractivity contribution >= 4 is 23.1 Å². The molecule has 1 N–H and O–H groups in total. The summed E-state index contributed by atoms with van der Waals surface area (Å²) in [7, 11) is 1.24. The standard InChI is InChI=1S/C16H13ClO4/c1-20-16(19)14(10-18)13-4-2-3-5-15(13)21-12-8-6-11(17)7-9-12/h2-10,18H,1H3/b14-10-. The molecule has 0 radical (unpaired) electrons. The van der Waals surface area contributed by atoms with E-state index in [2.05, 4.69) is 4.74 Å². The summed E-state index contributed by atoms with van der Waals surface area (Å²) in [5, 5.41) is 9.87. The van der Waals surface area contributed by atoms with Crippen LogP contribution in [0.4, 0.5) is 0 Å². The van der Waals surface area contributed by atoms with E-state index < -0.39 is 5.97 Å². The highest BCUT2D eigenvalue weighted by molar-refractivity contribution is 6.30. The van der Waals surface area contributed by atoms with Crippen LogP contribution in [0.5, 0.6) is 11.5 Å². The van der Waals surface area contributed by atoms with Crippen LogP contribution in [0.25, 0.3) is 5.57 Å². The van der Waals surface area contributed by atoms with Gasteiger partial charge in [-0.3, -0.25) is 0 Å². The van der Waals surface area contributed by atoms with Gasteiger partial charge in [0.1, 0.15) is 17.1 Å². The molecule has 0 spiro atoms. The van der Waals surface area contributed by atoms with Crippen LogP contribution < -0.4 is 4.74 Å². The number of ether oxygens (including phenoxy) is 2. The minimum atomic E-state index is -0.648. The fourth-order valence-electron chi connectivity index (χ4n) is 1.75. The third kappa shape index (κ3) is 3.55. The quantitative estimate of drug-likeness (QED) is 0.522. The maximum atomic E-state index is 11.7. The molecule has 0 atom stereocenters. The molecule has 0 aliphatic heterocycles. The van der Waals surface area contributed by atoms with Crippen LogP contribution in [0.3, 0.4) is 0 Å². The summed E-state index contributed by atoms with van der Waals surface area (Å²) in [4.78, 5) is 11.7. The number of aliphatic hydroxyl groups excluding tert-OH is 1. The van der Waals surface area contributed by atoms with Gasteiger partial charge in [0, 0.05) is 10.6 Å². The second-order valence-corrected chi connectivity index (χ2v) is 4.52. The van der Waals surface area contributed by atoms with Crippen molar-refractivity contribution in [3.05, 3.63) is 65.4 Å². The van der Waals surface area contributed by atoms with Crippen molar-refractivity contribution in [2.45, 2.75) is 0 Å². The third-order valence-corrected chi connectivity index (χ3v) is 3.01. The second-order valence-electron chi connectivity index (χ2n) is 4.09. The van der Waals surface area contributed by atoms with Crippen molar-refractivity contribution in [3.8, 4) is 11.5 Å². The molecule has 5 heteroatoms. The lowest BCUT2D eigenvalue weighted by atomic mass is 10.1. The molecule has 2 aromatic carbocycles. The van der Waals surface area contributed by atoms with E-state index in [1.54, 1.807) is 48.5 Å². The Balaban J connectivity index is 2.37. The normalized spacial score (nSPS) is 11.0. The maximum absolute atomic E-state index is 11.7. The summed E-state index contributed by atoms with van der Waals surface area (Å²) in [6.07, 6.45) is 0.704. The molecule has 0 amide bonds. The smallest absolute Gasteiger partial charge is 0.341 e. The number of rotatable bonds is 4. The number of hydrogen-bond acceptors (Lipinski definition) is 4. The molecular weight excluding hydrogens is 292 g/mol. The van der Waals surface area contributed by atoms with E-state index in [9.17, 15) is 9.90 Å². The van der Waals surface area contributed by atoms with Crippen LogP contribution in [-0.4, -0.2) is 18.2 Å². The molecule has 0 aliphatic carbocycles. The van der Waals surface area contributed by atoms with E-state index in [1.165, 1.54) is 7.11 Å². The van der Waals surface area contributed by atoms with Gasteiger partial charge in [0.05, 0.1) is 13.4 Å². The minimum Gasteiger partial charge on any atom is -0.515 e. The minimum absolute atomic E-state index is 0.0158. The molecule has 0 fully saturated rings. The van der Waals surface area contributed by atoms with E-state index in [4.69, 9.17) is 16.3 Å². The van der Waals surface area contributed by atoms with Gasteiger partial charge in [-0.25, -0.2) is 4.79 Å². The summed E-state index contributed by atoms with van der Waals surface area (Å²) in [6, 6.07) is 13.7. The Morgan fingerprint density at radius 3 is 2.43 bits per heavy atom. The van der Waals surface area contributed by atoms with E-state index in [-0.39, 0.29) is 5.57 Å². The fraction of sp³-hybridized carbons (Fsp3) is 0.0625. The van der Waals surface area contributed by atoms with Crippen LogP contribution >= 0.6 is 11.6 Å². The Bertz CT molecular complexity index is 662. The zero-order valence-electron chi connectivity index (χ0n) is 11.2. The summed E-state index contributed by atoms with van der Waals surface area (Å²) < 4.78 is 10.4. The Morgan fingerprint density at radius 2 is 1.81 bits per heavy atom. The predicted octanol–water partition coefficient (Wildman–Crippen LogP) is 4.20. The van der Waals surface area contributed by atoms with Gasteiger partial charge in [0.15, 0.2) is 0 Å². The maximum Gasteiger partial charge on any atom is 0.341 e. The van der Waals surface area contributed by atoms with Gasteiger partial charge in [-0.05, 0) is 30.3 Å². The molecule has 0 heterocycles. The van der Waals surface area contributed by atoms with E-state index >= 15 is 0 Å². The number of esters is 1.